The molecule has 1 aromatic heterocycles. The number of nitrogens with zero attached hydrogens (tertiary/aromatic N) is 5. The van der Waals surface area contributed by atoms with E-state index in [0.717, 1.165) is 5.69 Å². The molecule has 5 rings (SSSR count). The molecule has 0 N–H and O–H groups in total. The molecular weight excluding hydrogens is 453 g/mol. The number of anilines is 1. The minimum atomic E-state index is -0.560. The summed E-state index contributed by atoms with van der Waals surface area (Å²) in [5.41, 5.74) is 1.93. The van der Waals surface area contributed by atoms with Gasteiger partial charge >= 0.3 is 0 Å². The fraction of sp³-hybridized carbons (Fsp3) is 0.280. The van der Waals surface area contributed by atoms with Crippen molar-refractivity contribution in [1.82, 2.24) is 14.8 Å². The molecule has 2 aromatic carbocycles. The predicted octanol–water partition coefficient (Wildman–Crippen LogP) is 3.38. The molecule has 3 aromatic rings. The van der Waals surface area contributed by atoms with Crippen molar-refractivity contribution in [3.63, 3.8) is 0 Å². The van der Waals surface area contributed by atoms with Crippen LogP contribution in [0.4, 0.5) is 10.1 Å². The first kappa shape index (κ1) is 22.2. The van der Waals surface area contributed by atoms with Crippen LogP contribution in [0.25, 0.3) is 11.1 Å². The van der Waals surface area contributed by atoms with E-state index in [4.69, 9.17) is 0 Å². The van der Waals surface area contributed by atoms with Gasteiger partial charge in [0.15, 0.2) is 5.01 Å². The molecule has 0 radical (unpaired) electrons. The van der Waals surface area contributed by atoms with Crippen molar-refractivity contribution in [2.75, 3.05) is 37.6 Å². The van der Waals surface area contributed by atoms with Crippen LogP contribution in [0.2, 0.25) is 0 Å². The number of amides is 2. The fourth-order valence-corrected chi connectivity index (χ4v) is 5.26. The molecule has 1 atom stereocenters. The van der Waals surface area contributed by atoms with Crippen LogP contribution in [-0.4, -0.2) is 65.4 Å². The number of rotatable bonds is 4. The molecule has 0 bridgehead atoms. The summed E-state index contributed by atoms with van der Waals surface area (Å²) in [4.78, 5) is 35.4. The third-order valence-corrected chi connectivity index (χ3v) is 7.19. The highest BCUT2D eigenvalue weighted by Gasteiger charge is 2.36. The molecule has 0 spiro atoms. The zero-order valence-electron chi connectivity index (χ0n) is 18.4. The van der Waals surface area contributed by atoms with E-state index in [0.29, 0.717) is 55.3 Å². The zero-order chi connectivity index (χ0) is 23.7. The van der Waals surface area contributed by atoms with Crippen molar-refractivity contribution >= 4 is 28.8 Å². The predicted molar refractivity (Wildman–Crippen MR) is 127 cm³/mol. The molecule has 2 fully saturated rings. The van der Waals surface area contributed by atoms with Crippen LogP contribution in [0, 0.1) is 17.1 Å². The minimum absolute atomic E-state index is 0.00422. The van der Waals surface area contributed by atoms with Gasteiger partial charge in [0.2, 0.25) is 5.91 Å². The number of aromatic nitrogens is 1. The van der Waals surface area contributed by atoms with Crippen LogP contribution in [0.3, 0.4) is 0 Å². The van der Waals surface area contributed by atoms with Crippen LogP contribution in [-0.2, 0) is 4.79 Å². The van der Waals surface area contributed by atoms with Gasteiger partial charge in [-0.3, -0.25) is 14.5 Å². The summed E-state index contributed by atoms with van der Waals surface area (Å²) in [5, 5.41) is 11.7. The monoisotopic (exact) mass is 475 g/mol. The Kier molecular flexibility index (Phi) is 6.09. The average Bonchev–Trinajstić information content (AvgIpc) is 3.54. The first-order valence-electron chi connectivity index (χ1n) is 11.1. The quantitative estimate of drug-likeness (QED) is 0.578. The first-order chi connectivity index (χ1) is 16.5. The molecule has 2 saturated heterocycles. The Labute approximate surface area is 200 Å². The number of carbonyl (C=O) groups excluding carboxylic acids is 2. The Morgan fingerprint density at radius 1 is 1.15 bits per heavy atom. The summed E-state index contributed by atoms with van der Waals surface area (Å²) in [5.74, 6) is -0.567. The normalized spacial score (nSPS) is 18.8. The SMILES string of the molecule is N#Cc1c(F)cccc1-c1cccc(N2CC(N3CCN(C(=O)c4nccs4)CC3)CC2=O)c1. The van der Waals surface area contributed by atoms with Gasteiger partial charge in [0.05, 0.1) is 5.56 Å². The lowest BCUT2D eigenvalue weighted by Gasteiger charge is -2.37. The number of halogens is 1. The van der Waals surface area contributed by atoms with Gasteiger partial charge in [-0.15, -0.1) is 11.3 Å². The second kappa shape index (κ2) is 9.33. The van der Waals surface area contributed by atoms with Crippen molar-refractivity contribution in [3.8, 4) is 17.2 Å². The number of benzene rings is 2. The van der Waals surface area contributed by atoms with E-state index in [1.807, 2.05) is 35.2 Å². The summed E-state index contributed by atoms with van der Waals surface area (Å²) in [6.07, 6.45) is 2.05. The van der Waals surface area contributed by atoms with Gasteiger partial charge in [-0.1, -0.05) is 24.3 Å². The van der Waals surface area contributed by atoms with Gasteiger partial charge in [-0.25, -0.2) is 9.37 Å². The van der Waals surface area contributed by atoms with Crippen molar-refractivity contribution in [2.24, 2.45) is 0 Å². The Bertz CT molecular complexity index is 1260. The topological polar surface area (TPSA) is 80.5 Å². The number of nitriles is 1. The Hall–Kier alpha value is -3.61. The highest BCUT2D eigenvalue weighted by atomic mass is 32.1. The van der Waals surface area contributed by atoms with Gasteiger partial charge in [0, 0.05) is 68.0 Å². The van der Waals surface area contributed by atoms with Gasteiger partial charge in [0.25, 0.3) is 5.91 Å². The van der Waals surface area contributed by atoms with E-state index < -0.39 is 5.82 Å². The number of hydrogen-bond donors (Lipinski definition) is 0. The summed E-state index contributed by atoms with van der Waals surface area (Å²) in [7, 11) is 0. The lowest BCUT2D eigenvalue weighted by molar-refractivity contribution is -0.117. The second-order valence-electron chi connectivity index (χ2n) is 8.35. The van der Waals surface area contributed by atoms with Crippen molar-refractivity contribution < 1.29 is 14.0 Å². The van der Waals surface area contributed by atoms with Crippen LogP contribution < -0.4 is 4.90 Å². The molecular formula is C25H22FN5O2S. The Balaban J connectivity index is 1.28. The summed E-state index contributed by atoms with van der Waals surface area (Å²) >= 11 is 1.35. The molecule has 1 unspecified atom stereocenters. The Morgan fingerprint density at radius 3 is 2.68 bits per heavy atom. The van der Waals surface area contributed by atoms with Crippen LogP contribution >= 0.6 is 11.3 Å². The molecule has 3 heterocycles. The molecule has 34 heavy (non-hydrogen) atoms. The maximum absolute atomic E-state index is 14.1. The highest BCUT2D eigenvalue weighted by molar-refractivity contribution is 7.11. The highest BCUT2D eigenvalue weighted by Crippen LogP contribution is 2.31. The maximum Gasteiger partial charge on any atom is 0.282 e. The van der Waals surface area contributed by atoms with E-state index in [1.165, 1.54) is 17.4 Å². The summed E-state index contributed by atoms with van der Waals surface area (Å²) < 4.78 is 14.1. The molecule has 7 nitrogen and oxygen atoms in total. The standard InChI is InChI=1S/C25H22FN5O2S/c26-22-6-2-5-20(21(22)15-27)17-3-1-4-18(13-17)31-16-19(14-23(31)32)29-8-10-30(11-9-29)25(33)24-28-7-12-34-24/h1-7,12-13,19H,8-11,14,16H2. The molecule has 2 amide bonds. The summed E-state index contributed by atoms with van der Waals surface area (Å²) in [6.45, 7) is 3.18. The average molecular weight is 476 g/mol. The molecule has 172 valence electrons. The molecule has 0 aliphatic carbocycles. The third-order valence-electron chi connectivity index (χ3n) is 6.43. The van der Waals surface area contributed by atoms with Gasteiger partial charge in [-0.2, -0.15) is 5.26 Å². The lowest BCUT2D eigenvalue weighted by Crippen LogP contribution is -2.52. The van der Waals surface area contributed by atoms with Crippen LogP contribution in [0.1, 0.15) is 21.8 Å². The van der Waals surface area contributed by atoms with Crippen LogP contribution in [0.5, 0.6) is 0 Å². The lowest BCUT2D eigenvalue weighted by atomic mass is 9.99. The third kappa shape index (κ3) is 4.18. The van der Waals surface area contributed by atoms with E-state index >= 15 is 0 Å². The maximum atomic E-state index is 14.1. The van der Waals surface area contributed by atoms with E-state index in [9.17, 15) is 19.2 Å². The van der Waals surface area contributed by atoms with Crippen molar-refractivity contribution in [3.05, 3.63) is 70.4 Å². The van der Waals surface area contributed by atoms with E-state index in [-0.39, 0.29) is 23.4 Å². The first-order valence-corrected chi connectivity index (χ1v) is 12.0. The number of thiazole rings is 1. The smallest absolute Gasteiger partial charge is 0.282 e. The fourth-order valence-electron chi connectivity index (χ4n) is 4.66. The van der Waals surface area contributed by atoms with Gasteiger partial charge in [-0.05, 0) is 23.8 Å². The van der Waals surface area contributed by atoms with Crippen molar-refractivity contribution in [2.45, 2.75) is 12.5 Å². The van der Waals surface area contributed by atoms with Gasteiger partial charge < -0.3 is 9.80 Å². The van der Waals surface area contributed by atoms with Crippen LogP contribution in [0.15, 0.2) is 54.0 Å². The second-order valence-corrected chi connectivity index (χ2v) is 9.25. The molecule has 2 aliphatic heterocycles. The molecule has 0 saturated carbocycles. The van der Waals surface area contributed by atoms with Crippen molar-refractivity contribution in [1.29, 1.82) is 5.26 Å². The minimum Gasteiger partial charge on any atom is -0.334 e. The largest absolute Gasteiger partial charge is 0.334 e. The number of carbonyl (C=O) groups is 2. The van der Waals surface area contributed by atoms with E-state index in [1.54, 1.807) is 28.6 Å². The van der Waals surface area contributed by atoms with E-state index in [2.05, 4.69) is 9.88 Å². The Morgan fingerprint density at radius 2 is 1.94 bits per heavy atom. The molecule has 2 aliphatic rings. The zero-order valence-corrected chi connectivity index (χ0v) is 19.2. The molecule has 9 heteroatoms. The number of piperazine rings is 1. The summed E-state index contributed by atoms with van der Waals surface area (Å²) in [6, 6.07) is 13.9. The van der Waals surface area contributed by atoms with Gasteiger partial charge in [0.1, 0.15) is 11.9 Å². The number of hydrogen-bond acceptors (Lipinski definition) is 6.